The van der Waals surface area contributed by atoms with Crippen LogP contribution in [0.15, 0.2) is 18.2 Å². The molecule has 0 radical (unpaired) electrons. The molecule has 1 aromatic carbocycles. The SMILES string of the molecule is CC(=O)COc1cc#ccc1. The van der Waals surface area contributed by atoms with Gasteiger partial charge < -0.3 is 4.74 Å². The zero-order valence-corrected chi connectivity index (χ0v) is 6.26. The van der Waals surface area contributed by atoms with Crippen LogP contribution in [0.4, 0.5) is 0 Å². The van der Waals surface area contributed by atoms with Crippen molar-refractivity contribution in [3.05, 3.63) is 30.3 Å². The molecule has 0 aromatic heterocycles. The molecule has 0 aliphatic rings. The van der Waals surface area contributed by atoms with Gasteiger partial charge in [0.25, 0.3) is 0 Å². The molecule has 0 heterocycles. The van der Waals surface area contributed by atoms with Gasteiger partial charge in [-0.1, -0.05) is 12.1 Å². The van der Waals surface area contributed by atoms with Crippen LogP contribution in [-0.2, 0) is 4.79 Å². The second-order valence-electron chi connectivity index (χ2n) is 2.16. The van der Waals surface area contributed by atoms with Gasteiger partial charge in [0, 0.05) is 6.07 Å². The first-order chi connectivity index (χ1) is 5.29. The zero-order chi connectivity index (χ0) is 8.10. The molecule has 0 bridgehead atoms. The molecule has 0 N–H and O–H groups in total. The minimum Gasteiger partial charge on any atom is -0.485 e. The van der Waals surface area contributed by atoms with E-state index in [-0.39, 0.29) is 12.4 Å². The van der Waals surface area contributed by atoms with E-state index in [1.165, 1.54) is 6.92 Å². The molecule has 11 heavy (non-hydrogen) atoms. The highest BCUT2D eigenvalue weighted by Crippen LogP contribution is 2.04. The first kappa shape index (κ1) is 7.62. The molecular formula is C9H8O2. The lowest BCUT2D eigenvalue weighted by Gasteiger charge is -1.99. The van der Waals surface area contributed by atoms with Crippen LogP contribution in [0.2, 0.25) is 0 Å². The van der Waals surface area contributed by atoms with E-state index >= 15 is 0 Å². The molecule has 2 heteroatoms. The van der Waals surface area contributed by atoms with Gasteiger partial charge in [-0.25, -0.2) is 0 Å². The maximum Gasteiger partial charge on any atom is 0.167 e. The second-order valence-corrected chi connectivity index (χ2v) is 2.16. The van der Waals surface area contributed by atoms with Crippen LogP contribution >= 0.6 is 0 Å². The number of ether oxygens (including phenoxy) is 1. The maximum atomic E-state index is 10.5. The van der Waals surface area contributed by atoms with Crippen molar-refractivity contribution >= 4 is 5.78 Å². The van der Waals surface area contributed by atoms with Crippen molar-refractivity contribution in [3.63, 3.8) is 0 Å². The van der Waals surface area contributed by atoms with Gasteiger partial charge in [-0.15, -0.1) is 0 Å². The molecule has 0 fully saturated rings. The van der Waals surface area contributed by atoms with Crippen LogP contribution in [0.3, 0.4) is 0 Å². The van der Waals surface area contributed by atoms with Crippen molar-refractivity contribution in [2.45, 2.75) is 6.92 Å². The van der Waals surface area contributed by atoms with Crippen molar-refractivity contribution in [1.29, 1.82) is 0 Å². The number of carbonyl (C=O) groups excluding carboxylic acids is 1. The number of hydrogen-bond donors (Lipinski definition) is 0. The van der Waals surface area contributed by atoms with Gasteiger partial charge in [-0.05, 0) is 19.1 Å². The van der Waals surface area contributed by atoms with Gasteiger partial charge in [0.15, 0.2) is 5.78 Å². The Balaban J connectivity index is 2.45. The molecule has 0 aliphatic carbocycles. The lowest BCUT2D eigenvalue weighted by atomic mass is 10.4. The molecule has 0 atom stereocenters. The minimum absolute atomic E-state index is 0.0119. The van der Waals surface area contributed by atoms with E-state index in [9.17, 15) is 4.79 Å². The summed E-state index contributed by atoms with van der Waals surface area (Å²) in [6.07, 6.45) is 0. The van der Waals surface area contributed by atoms with Gasteiger partial charge in [-0.3, -0.25) is 4.79 Å². The fraction of sp³-hybridized carbons (Fsp3) is 0.222. The summed E-state index contributed by atoms with van der Waals surface area (Å²) in [7, 11) is 0. The summed E-state index contributed by atoms with van der Waals surface area (Å²) < 4.78 is 5.07. The van der Waals surface area contributed by atoms with Crippen molar-refractivity contribution < 1.29 is 9.53 Å². The Bertz CT molecular complexity index is 229. The third-order valence-corrected chi connectivity index (χ3v) is 1.07. The Hall–Kier alpha value is -1.49. The van der Waals surface area contributed by atoms with Crippen molar-refractivity contribution in [2.75, 3.05) is 6.61 Å². The highest BCUT2D eigenvalue weighted by molar-refractivity contribution is 5.77. The first-order valence-corrected chi connectivity index (χ1v) is 3.29. The lowest BCUT2D eigenvalue weighted by Crippen LogP contribution is -2.05. The normalized spacial score (nSPS) is 8.45. The quantitative estimate of drug-likeness (QED) is 0.645. The van der Waals surface area contributed by atoms with Gasteiger partial charge >= 0.3 is 0 Å². The highest BCUT2D eigenvalue weighted by atomic mass is 16.5. The van der Waals surface area contributed by atoms with Crippen LogP contribution in [-0.4, -0.2) is 12.4 Å². The Kier molecular flexibility index (Phi) is 2.51. The Morgan fingerprint density at radius 3 is 3.00 bits per heavy atom. The van der Waals surface area contributed by atoms with Gasteiger partial charge in [-0.2, -0.15) is 0 Å². The van der Waals surface area contributed by atoms with Crippen LogP contribution in [0.1, 0.15) is 6.92 Å². The fourth-order valence-electron chi connectivity index (χ4n) is 0.608. The van der Waals surface area contributed by atoms with E-state index in [1.54, 1.807) is 18.2 Å². The molecule has 1 rings (SSSR count). The number of Topliss-reactive ketones (excluding diaryl/α,β-unsaturated/α-hetero) is 1. The predicted octanol–water partition coefficient (Wildman–Crippen LogP) is 1.25. The molecule has 0 aliphatic heterocycles. The van der Waals surface area contributed by atoms with Crippen molar-refractivity contribution in [2.24, 2.45) is 0 Å². The third kappa shape index (κ3) is 2.72. The van der Waals surface area contributed by atoms with E-state index in [0.29, 0.717) is 5.75 Å². The fourth-order valence-corrected chi connectivity index (χ4v) is 0.608. The Morgan fingerprint density at radius 2 is 2.45 bits per heavy atom. The summed E-state index contributed by atoms with van der Waals surface area (Å²) in [6, 6.07) is 10.5. The standard InChI is InChI=1S/C9H8O2/c1-8(10)7-11-9-5-3-2-4-6-9/h3,5-6H,7H2,1H3. The maximum absolute atomic E-state index is 10.5. The predicted molar refractivity (Wildman–Crippen MR) is 40.3 cm³/mol. The highest BCUT2D eigenvalue weighted by Gasteiger charge is 1.93. The summed E-state index contributed by atoms with van der Waals surface area (Å²) >= 11 is 0. The van der Waals surface area contributed by atoms with Crippen LogP contribution in [0.25, 0.3) is 0 Å². The second kappa shape index (κ2) is 3.62. The summed E-state index contributed by atoms with van der Waals surface area (Å²) in [5, 5.41) is 0. The number of carbonyl (C=O) groups is 1. The third-order valence-electron chi connectivity index (χ3n) is 1.07. The molecule has 0 saturated carbocycles. The molecular weight excluding hydrogens is 140 g/mol. The molecule has 0 amide bonds. The van der Waals surface area contributed by atoms with Gasteiger partial charge in [0.05, 0.1) is 0 Å². The van der Waals surface area contributed by atoms with Crippen molar-refractivity contribution in [1.82, 2.24) is 0 Å². The molecule has 0 saturated heterocycles. The molecule has 56 valence electrons. The summed E-state index contributed by atoms with van der Waals surface area (Å²) in [6.45, 7) is 1.61. The smallest absolute Gasteiger partial charge is 0.167 e. The average Bonchev–Trinajstić information content (AvgIpc) is 2.03. The number of ketones is 1. The van der Waals surface area contributed by atoms with Crippen LogP contribution < -0.4 is 4.74 Å². The molecule has 1 aromatic rings. The first-order valence-electron chi connectivity index (χ1n) is 3.29. The van der Waals surface area contributed by atoms with Crippen LogP contribution in [0.5, 0.6) is 5.75 Å². The topological polar surface area (TPSA) is 26.3 Å². The Morgan fingerprint density at radius 1 is 1.64 bits per heavy atom. The Labute approximate surface area is 65.8 Å². The number of rotatable bonds is 3. The van der Waals surface area contributed by atoms with Crippen molar-refractivity contribution in [3.8, 4) is 5.75 Å². The van der Waals surface area contributed by atoms with Crippen LogP contribution in [0, 0.1) is 12.1 Å². The molecule has 0 unspecified atom stereocenters. The van der Waals surface area contributed by atoms with E-state index < -0.39 is 0 Å². The molecule has 2 nitrogen and oxygen atoms in total. The average molecular weight is 148 g/mol. The van der Waals surface area contributed by atoms with Gasteiger partial charge in [0.2, 0.25) is 0 Å². The largest absolute Gasteiger partial charge is 0.485 e. The lowest BCUT2D eigenvalue weighted by molar-refractivity contribution is -0.118. The van der Waals surface area contributed by atoms with E-state index in [4.69, 9.17) is 4.74 Å². The minimum atomic E-state index is 0.0119. The van der Waals surface area contributed by atoms with E-state index in [0.717, 1.165) is 0 Å². The summed E-state index contributed by atoms with van der Waals surface area (Å²) in [4.78, 5) is 10.5. The van der Waals surface area contributed by atoms with E-state index in [2.05, 4.69) is 12.1 Å². The summed E-state index contributed by atoms with van der Waals surface area (Å²) in [5.41, 5.74) is 0. The monoisotopic (exact) mass is 148 g/mol. The summed E-state index contributed by atoms with van der Waals surface area (Å²) in [5.74, 6) is 0.664. The van der Waals surface area contributed by atoms with E-state index in [1.807, 2.05) is 0 Å². The zero-order valence-electron chi connectivity index (χ0n) is 6.26. The molecule has 0 spiro atoms. The van der Waals surface area contributed by atoms with Gasteiger partial charge in [0.1, 0.15) is 12.4 Å². The number of hydrogen-bond acceptors (Lipinski definition) is 2.